The van der Waals surface area contributed by atoms with Crippen molar-refractivity contribution in [3.05, 3.63) is 57.3 Å². The summed E-state index contributed by atoms with van der Waals surface area (Å²) in [4.78, 5) is 27.5. The van der Waals surface area contributed by atoms with Crippen molar-refractivity contribution >= 4 is 52.5 Å². The molecule has 16 heteroatoms. The number of aromatic nitrogens is 4. The van der Waals surface area contributed by atoms with Crippen molar-refractivity contribution in [3.63, 3.8) is 0 Å². The van der Waals surface area contributed by atoms with E-state index in [1.54, 1.807) is 13.8 Å². The predicted molar refractivity (Wildman–Crippen MR) is 159 cm³/mol. The van der Waals surface area contributed by atoms with E-state index in [-0.39, 0.29) is 43.8 Å². The highest BCUT2D eigenvalue weighted by molar-refractivity contribution is 7.99. The van der Waals surface area contributed by atoms with Crippen molar-refractivity contribution in [2.75, 3.05) is 37.2 Å². The second kappa shape index (κ2) is 14.2. The first-order chi connectivity index (χ1) is 20.8. The maximum Gasteiger partial charge on any atom is 0.416 e. The van der Waals surface area contributed by atoms with Gasteiger partial charge in [0.25, 0.3) is 0 Å². The van der Waals surface area contributed by atoms with Crippen LogP contribution in [0.1, 0.15) is 37.8 Å². The standard InChI is InChI=1S/C28H27Cl2F4N7O2S/c1-27(2,25(43)35-11-14-40-12-3-4-13-40)10-9-17-5-8-20(23(30)24(17)31)36-22(42)16-44-26-37-38-39-41(26)21-15-18(28(32,33)34)6-7-19(21)29/h5-8,15H,3-4,11-14,16H2,1-2H3,(H,35,43)(H,36,42). The van der Waals surface area contributed by atoms with Crippen LogP contribution in [0, 0.1) is 23.1 Å². The molecule has 0 saturated carbocycles. The number of alkyl halides is 3. The summed E-state index contributed by atoms with van der Waals surface area (Å²) in [6, 6.07) is 5.38. The second-order valence-corrected chi connectivity index (χ2v) is 12.1. The molecule has 2 N–H and O–H groups in total. The van der Waals surface area contributed by atoms with E-state index in [2.05, 4.69) is 42.9 Å². The van der Waals surface area contributed by atoms with E-state index < -0.39 is 28.9 Å². The Hall–Kier alpha value is -3.38. The van der Waals surface area contributed by atoms with E-state index in [0.717, 1.165) is 67.1 Å². The van der Waals surface area contributed by atoms with Gasteiger partial charge in [-0.1, -0.05) is 46.8 Å². The molecule has 4 rings (SSSR count). The van der Waals surface area contributed by atoms with Crippen molar-refractivity contribution in [2.45, 2.75) is 38.0 Å². The third-order valence-electron chi connectivity index (χ3n) is 6.62. The number of thioether (sulfide) groups is 1. The Morgan fingerprint density at radius 3 is 2.55 bits per heavy atom. The third kappa shape index (κ3) is 8.41. The van der Waals surface area contributed by atoms with Gasteiger partial charge >= 0.3 is 6.18 Å². The number of likely N-dealkylation sites (tertiary alicyclic amines) is 1. The SMILES string of the molecule is CC(C)(C#Cc1ccc(NC(=O)CSc2nnnn2-c2cc(C(F)(F)F)ccc2Cl)c(Cl)c1F)C(=O)NCCN1CCCC1. The summed E-state index contributed by atoms with van der Waals surface area (Å²) in [7, 11) is 0. The highest BCUT2D eigenvalue weighted by atomic mass is 35.5. The first-order valence-electron chi connectivity index (χ1n) is 13.4. The van der Waals surface area contributed by atoms with Gasteiger partial charge < -0.3 is 15.5 Å². The van der Waals surface area contributed by atoms with Gasteiger partial charge in [0.1, 0.15) is 10.4 Å². The Balaban J connectivity index is 1.37. The van der Waals surface area contributed by atoms with Crippen LogP contribution >= 0.6 is 35.0 Å². The molecule has 1 aliphatic rings. The molecule has 1 saturated heterocycles. The van der Waals surface area contributed by atoms with Crippen LogP contribution in [0.4, 0.5) is 23.2 Å². The zero-order valence-electron chi connectivity index (χ0n) is 23.6. The smallest absolute Gasteiger partial charge is 0.354 e. The van der Waals surface area contributed by atoms with Crippen molar-refractivity contribution in [1.82, 2.24) is 30.4 Å². The zero-order chi connectivity index (χ0) is 32.1. The molecule has 2 heterocycles. The van der Waals surface area contributed by atoms with Gasteiger partial charge in [-0.05, 0) is 80.5 Å². The van der Waals surface area contributed by atoms with E-state index in [1.165, 1.54) is 12.1 Å². The lowest BCUT2D eigenvalue weighted by Crippen LogP contribution is -2.40. The minimum absolute atomic E-state index is 0.00743. The second-order valence-electron chi connectivity index (χ2n) is 10.3. The van der Waals surface area contributed by atoms with Crippen LogP contribution in [0.15, 0.2) is 35.5 Å². The average molecular weight is 673 g/mol. The monoisotopic (exact) mass is 671 g/mol. The Morgan fingerprint density at radius 2 is 1.84 bits per heavy atom. The molecule has 0 atom stereocenters. The number of tetrazole rings is 1. The quantitative estimate of drug-likeness (QED) is 0.177. The number of amides is 2. The summed E-state index contributed by atoms with van der Waals surface area (Å²) in [5, 5.41) is 15.8. The predicted octanol–water partition coefficient (Wildman–Crippen LogP) is 5.45. The highest BCUT2D eigenvalue weighted by Gasteiger charge is 2.32. The largest absolute Gasteiger partial charge is 0.416 e. The molecular formula is C28H27Cl2F4N7O2S. The molecule has 2 aromatic carbocycles. The van der Waals surface area contributed by atoms with Gasteiger partial charge in [-0.2, -0.15) is 17.9 Å². The number of nitrogens with one attached hydrogen (secondary N) is 2. The van der Waals surface area contributed by atoms with Gasteiger partial charge in [-0.15, -0.1) is 5.10 Å². The lowest BCUT2D eigenvalue weighted by molar-refractivity contribution is -0.137. The van der Waals surface area contributed by atoms with Crippen LogP contribution in [0.25, 0.3) is 5.69 Å². The number of carbonyl (C=O) groups excluding carboxylic acids is 2. The summed E-state index contributed by atoms with van der Waals surface area (Å²) in [6.07, 6.45) is -2.30. The van der Waals surface area contributed by atoms with Crippen molar-refractivity contribution < 1.29 is 27.2 Å². The molecule has 1 fully saturated rings. The maximum atomic E-state index is 15.0. The Morgan fingerprint density at radius 1 is 1.11 bits per heavy atom. The van der Waals surface area contributed by atoms with E-state index in [1.807, 2.05) is 0 Å². The van der Waals surface area contributed by atoms with Crippen molar-refractivity contribution in [2.24, 2.45) is 5.41 Å². The maximum absolute atomic E-state index is 15.0. The van der Waals surface area contributed by atoms with Crippen LogP contribution in [0.5, 0.6) is 0 Å². The number of benzene rings is 2. The Kier molecular flexibility index (Phi) is 10.8. The van der Waals surface area contributed by atoms with Gasteiger partial charge in [0.15, 0.2) is 5.82 Å². The number of halogens is 6. The normalized spacial score (nSPS) is 13.8. The third-order valence-corrected chi connectivity index (χ3v) is 8.23. The lowest BCUT2D eigenvalue weighted by atomic mass is 9.92. The molecule has 9 nitrogen and oxygen atoms in total. The fourth-order valence-electron chi connectivity index (χ4n) is 4.17. The van der Waals surface area contributed by atoms with Crippen LogP contribution in [-0.2, 0) is 15.8 Å². The van der Waals surface area contributed by atoms with E-state index >= 15 is 4.39 Å². The molecule has 1 aliphatic heterocycles. The van der Waals surface area contributed by atoms with E-state index in [4.69, 9.17) is 23.2 Å². The molecule has 2 amide bonds. The summed E-state index contributed by atoms with van der Waals surface area (Å²) >= 11 is 13.1. The molecule has 0 bridgehead atoms. The molecule has 44 heavy (non-hydrogen) atoms. The molecule has 0 radical (unpaired) electrons. The summed E-state index contributed by atoms with van der Waals surface area (Å²) < 4.78 is 55.6. The number of hydrogen-bond acceptors (Lipinski definition) is 7. The average Bonchev–Trinajstić information content (AvgIpc) is 3.66. The molecule has 234 valence electrons. The van der Waals surface area contributed by atoms with Crippen LogP contribution in [0.3, 0.4) is 0 Å². The Bertz CT molecular complexity index is 1600. The summed E-state index contributed by atoms with van der Waals surface area (Å²) in [6.45, 7) is 6.56. The van der Waals surface area contributed by atoms with E-state index in [9.17, 15) is 22.8 Å². The molecule has 3 aromatic rings. The van der Waals surface area contributed by atoms with Crippen molar-refractivity contribution in [3.8, 4) is 17.5 Å². The Labute approximate surface area is 265 Å². The molecule has 1 aromatic heterocycles. The number of rotatable bonds is 9. The molecule has 0 spiro atoms. The minimum Gasteiger partial charge on any atom is -0.354 e. The minimum atomic E-state index is -4.62. The summed E-state index contributed by atoms with van der Waals surface area (Å²) in [5.41, 5.74) is -2.26. The summed E-state index contributed by atoms with van der Waals surface area (Å²) in [5.74, 6) is 3.39. The number of hydrogen-bond donors (Lipinski definition) is 2. The first kappa shape index (κ1) is 33.5. The molecule has 0 aliphatic carbocycles. The van der Waals surface area contributed by atoms with Crippen LogP contribution in [-0.4, -0.2) is 68.9 Å². The van der Waals surface area contributed by atoms with Crippen LogP contribution in [0.2, 0.25) is 10.0 Å². The first-order valence-corrected chi connectivity index (χ1v) is 15.1. The number of nitrogens with zero attached hydrogens (tertiary/aromatic N) is 5. The van der Waals surface area contributed by atoms with Crippen molar-refractivity contribution in [1.29, 1.82) is 0 Å². The highest BCUT2D eigenvalue weighted by Crippen LogP contribution is 2.34. The topological polar surface area (TPSA) is 105 Å². The van der Waals surface area contributed by atoms with E-state index in [0.29, 0.717) is 6.54 Å². The lowest BCUT2D eigenvalue weighted by Gasteiger charge is -2.19. The van der Waals surface area contributed by atoms with Crippen LogP contribution < -0.4 is 10.6 Å². The van der Waals surface area contributed by atoms with Gasteiger partial charge in [0, 0.05) is 13.1 Å². The number of carbonyl (C=O) groups is 2. The van der Waals surface area contributed by atoms with Gasteiger partial charge in [-0.3, -0.25) is 9.59 Å². The number of anilines is 1. The van der Waals surface area contributed by atoms with Gasteiger partial charge in [0.05, 0.1) is 33.3 Å². The molecular weight excluding hydrogens is 645 g/mol. The zero-order valence-corrected chi connectivity index (χ0v) is 25.9. The fourth-order valence-corrected chi connectivity index (χ4v) is 5.26. The fraction of sp³-hybridized carbons (Fsp3) is 0.393. The van der Waals surface area contributed by atoms with Gasteiger partial charge in [-0.25, -0.2) is 4.39 Å². The molecule has 0 unspecified atom stereocenters. The van der Waals surface area contributed by atoms with Gasteiger partial charge in [0.2, 0.25) is 17.0 Å².